The average Bonchev–Trinajstić information content (AvgIpc) is 3.07. The van der Waals surface area contributed by atoms with Crippen molar-refractivity contribution in [3.63, 3.8) is 0 Å². The number of urea groups is 1. The number of aromatic amines is 1. The Balaban J connectivity index is 1.99. The van der Waals surface area contributed by atoms with Crippen LogP contribution in [0.3, 0.4) is 0 Å². The van der Waals surface area contributed by atoms with Gasteiger partial charge in [-0.1, -0.05) is 43.1 Å². The molecule has 1 aromatic heterocycles. The second kappa shape index (κ2) is 8.92. The minimum Gasteiger partial charge on any atom is -0.465 e. The highest BCUT2D eigenvalue weighted by Crippen LogP contribution is 2.20. The highest BCUT2D eigenvalue weighted by molar-refractivity contribution is 7.78. The summed E-state index contributed by atoms with van der Waals surface area (Å²) in [5, 5.41) is 18.4. The minimum atomic E-state index is -1.14. The number of thiol groups is 1. The second-order valence-corrected chi connectivity index (χ2v) is 5.85. The molecule has 5 N–H and O–H groups in total. The number of hydrogen-bond donors (Lipinski definition) is 5. The van der Waals surface area contributed by atoms with E-state index in [1.54, 1.807) is 0 Å². The SMILES string of the molecule is NC(=O)N(S)CCCCC(NC(=O)O)c1nc(-c2ccccc2)n[nH]1. The number of primary amides is 1. The number of aromatic nitrogens is 3. The smallest absolute Gasteiger partial charge is 0.405 e. The number of benzene rings is 1. The number of carboxylic acid groups (broad SMARTS) is 1. The molecule has 25 heavy (non-hydrogen) atoms. The molecule has 0 aliphatic rings. The Morgan fingerprint density at radius 3 is 2.68 bits per heavy atom. The fourth-order valence-electron chi connectivity index (χ4n) is 2.29. The van der Waals surface area contributed by atoms with Crippen LogP contribution in [0.2, 0.25) is 0 Å². The van der Waals surface area contributed by atoms with Gasteiger partial charge in [-0.15, -0.1) is 0 Å². The monoisotopic (exact) mass is 364 g/mol. The fraction of sp³-hybridized carbons (Fsp3) is 0.333. The third kappa shape index (κ3) is 5.68. The molecule has 1 aromatic carbocycles. The van der Waals surface area contributed by atoms with Crippen LogP contribution in [0.25, 0.3) is 11.4 Å². The highest BCUT2D eigenvalue weighted by atomic mass is 32.1. The van der Waals surface area contributed by atoms with Crippen LogP contribution in [0.5, 0.6) is 0 Å². The number of amides is 3. The molecule has 0 bridgehead atoms. The van der Waals surface area contributed by atoms with Crippen LogP contribution in [-0.4, -0.2) is 43.3 Å². The van der Waals surface area contributed by atoms with Crippen molar-refractivity contribution >= 4 is 24.9 Å². The largest absolute Gasteiger partial charge is 0.465 e. The van der Waals surface area contributed by atoms with E-state index in [-0.39, 0.29) is 0 Å². The van der Waals surface area contributed by atoms with Crippen LogP contribution in [-0.2, 0) is 0 Å². The van der Waals surface area contributed by atoms with Crippen molar-refractivity contribution < 1.29 is 14.7 Å². The van der Waals surface area contributed by atoms with Gasteiger partial charge in [-0.25, -0.2) is 14.6 Å². The second-order valence-electron chi connectivity index (χ2n) is 5.37. The van der Waals surface area contributed by atoms with Crippen LogP contribution in [0.4, 0.5) is 9.59 Å². The molecule has 10 heteroatoms. The minimum absolute atomic E-state index is 0.379. The summed E-state index contributed by atoms with van der Waals surface area (Å²) in [4.78, 5) is 26.3. The summed E-state index contributed by atoms with van der Waals surface area (Å²) < 4.78 is 1.11. The van der Waals surface area contributed by atoms with Gasteiger partial charge in [-0.3, -0.25) is 9.40 Å². The summed E-state index contributed by atoms with van der Waals surface area (Å²) >= 11 is 3.94. The molecule has 0 radical (unpaired) electrons. The van der Waals surface area contributed by atoms with Gasteiger partial charge in [-0.05, 0) is 19.3 Å². The maximum atomic E-state index is 11.0. The van der Waals surface area contributed by atoms with Crippen molar-refractivity contribution in [3.05, 3.63) is 36.2 Å². The fourth-order valence-corrected chi connectivity index (χ4v) is 2.43. The zero-order valence-electron chi connectivity index (χ0n) is 13.4. The van der Waals surface area contributed by atoms with E-state index < -0.39 is 18.2 Å². The van der Waals surface area contributed by atoms with Gasteiger partial charge in [0.2, 0.25) is 0 Å². The number of H-pyrrole nitrogens is 1. The number of carbonyl (C=O) groups is 2. The summed E-state index contributed by atoms with van der Waals surface area (Å²) in [5.41, 5.74) is 5.93. The first-order valence-corrected chi connectivity index (χ1v) is 8.10. The van der Waals surface area contributed by atoms with Crippen molar-refractivity contribution in [1.29, 1.82) is 0 Å². The van der Waals surface area contributed by atoms with Gasteiger partial charge in [0.05, 0.1) is 6.04 Å². The van der Waals surface area contributed by atoms with Gasteiger partial charge in [0.15, 0.2) is 5.82 Å². The van der Waals surface area contributed by atoms with Crippen LogP contribution in [0.15, 0.2) is 30.3 Å². The van der Waals surface area contributed by atoms with Gasteiger partial charge >= 0.3 is 12.1 Å². The summed E-state index contributed by atoms with van der Waals surface area (Å²) in [6.45, 7) is 0.379. The van der Waals surface area contributed by atoms with Crippen molar-refractivity contribution in [2.45, 2.75) is 25.3 Å². The van der Waals surface area contributed by atoms with Crippen molar-refractivity contribution in [2.24, 2.45) is 5.73 Å². The Morgan fingerprint density at radius 2 is 2.04 bits per heavy atom. The number of nitrogens with zero attached hydrogens (tertiary/aromatic N) is 3. The van der Waals surface area contributed by atoms with Crippen LogP contribution in [0.1, 0.15) is 31.1 Å². The molecule has 0 aliphatic heterocycles. The molecular formula is C15H20N6O3S. The lowest BCUT2D eigenvalue weighted by Crippen LogP contribution is -2.29. The summed E-state index contributed by atoms with van der Waals surface area (Å²) in [6.07, 6.45) is 0.632. The standard InChI is InChI=1S/C15H20N6O3S/c16-14(22)21(25)9-5-4-8-11(17-15(23)24)13-18-12(19-20-13)10-6-2-1-3-7-10/h1-3,6-7,11,17,25H,4-5,8-9H2,(H2,16,22)(H,23,24)(H,18,19,20). The van der Waals surface area contributed by atoms with Gasteiger partial charge in [0.25, 0.3) is 0 Å². The first kappa shape index (κ1) is 18.6. The van der Waals surface area contributed by atoms with Crippen LogP contribution < -0.4 is 11.1 Å². The molecule has 0 saturated carbocycles. The van der Waals surface area contributed by atoms with Gasteiger partial charge < -0.3 is 16.2 Å². The summed E-state index contributed by atoms with van der Waals surface area (Å²) in [7, 11) is 0. The first-order valence-electron chi connectivity index (χ1n) is 7.70. The Labute approximate surface area is 150 Å². The summed E-state index contributed by atoms with van der Waals surface area (Å²) in [5.74, 6) is 0.946. The van der Waals surface area contributed by atoms with Gasteiger partial charge in [0, 0.05) is 12.1 Å². The van der Waals surface area contributed by atoms with E-state index >= 15 is 0 Å². The maximum Gasteiger partial charge on any atom is 0.405 e. The normalized spacial score (nSPS) is 11.7. The predicted octanol–water partition coefficient (Wildman–Crippen LogP) is 2.18. The topological polar surface area (TPSA) is 137 Å². The number of hydrogen-bond acceptors (Lipinski definition) is 5. The van der Waals surface area contributed by atoms with E-state index in [9.17, 15) is 9.59 Å². The zero-order chi connectivity index (χ0) is 18.2. The van der Waals surface area contributed by atoms with Gasteiger partial charge in [0.1, 0.15) is 5.82 Å². The Hall–Kier alpha value is -2.75. The predicted molar refractivity (Wildman–Crippen MR) is 94.8 cm³/mol. The summed E-state index contributed by atoms with van der Waals surface area (Å²) in [6, 6.07) is 8.24. The third-order valence-corrected chi connectivity index (χ3v) is 3.93. The first-order chi connectivity index (χ1) is 12.0. The molecular weight excluding hydrogens is 344 g/mol. The van der Waals surface area contributed by atoms with Gasteiger partial charge in [-0.2, -0.15) is 5.10 Å². The Bertz CT molecular complexity index is 708. The van der Waals surface area contributed by atoms with E-state index in [2.05, 4.69) is 33.3 Å². The number of rotatable bonds is 8. The maximum absolute atomic E-state index is 11.0. The Kier molecular flexibility index (Phi) is 6.63. The van der Waals surface area contributed by atoms with E-state index in [4.69, 9.17) is 10.8 Å². The molecule has 2 aromatic rings. The molecule has 2 rings (SSSR count). The number of nitrogens with two attached hydrogens (primary N) is 1. The molecule has 1 atom stereocenters. The third-order valence-electron chi connectivity index (χ3n) is 3.53. The van der Waals surface area contributed by atoms with Crippen LogP contribution in [0, 0.1) is 0 Å². The highest BCUT2D eigenvalue weighted by Gasteiger charge is 2.19. The molecule has 134 valence electrons. The lowest BCUT2D eigenvalue weighted by atomic mass is 10.1. The Morgan fingerprint density at radius 1 is 1.32 bits per heavy atom. The number of carbonyl (C=O) groups excluding carboxylic acids is 1. The molecule has 1 heterocycles. The molecule has 0 saturated heterocycles. The van der Waals surface area contributed by atoms with E-state index in [1.165, 1.54) is 0 Å². The van der Waals surface area contributed by atoms with Crippen molar-refractivity contribution in [3.8, 4) is 11.4 Å². The zero-order valence-corrected chi connectivity index (χ0v) is 14.3. The molecule has 0 spiro atoms. The van der Waals surface area contributed by atoms with Crippen LogP contribution >= 0.6 is 12.8 Å². The number of nitrogens with one attached hydrogen (secondary N) is 2. The van der Waals surface area contributed by atoms with E-state index in [0.717, 1.165) is 9.87 Å². The lowest BCUT2D eigenvalue weighted by molar-refractivity contribution is 0.188. The molecule has 1 unspecified atom stereocenters. The van der Waals surface area contributed by atoms with Crippen molar-refractivity contribution in [2.75, 3.05) is 6.54 Å². The molecule has 0 aliphatic carbocycles. The molecule has 9 nitrogen and oxygen atoms in total. The van der Waals surface area contributed by atoms with E-state index in [0.29, 0.717) is 37.5 Å². The van der Waals surface area contributed by atoms with Crippen molar-refractivity contribution in [1.82, 2.24) is 24.8 Å². The lowest BCUT2D eigenvalue weighted by Gasteiger charge is -2.15. The molecule has 3 amide bonds. The van der Waals surface area contributed by atoms with E-state index in [1.807, 2.05) is 30.3 Å². The molecule has 0 fully saturated rings. The number of unbranched alkanes of at least 4 members (excludes halogenated alkanes) is 1. The average molecular weight is 364 g/mol. The quantitative estimate of drug-likeness (QED) is 0.361.